The van der Waals surface area contributed by atoms with Crippen molar-refractivity contribution in [2.24, 2.45) is 5.92 Å². The SMILES string of the molecule is CCOC1CCC(CN2CCNCC2)CC1. The molecule has 0 bridgehead atoms. The van der Waals surface area contributed by atoms with E-state index in [1.165, 1.54) is 58.4 Å². The van der Waals surface area contributed by atoms with E-state index >= 15 is 0 Å². The lowest BCUT2D eigenvalue weighted by atomic mass is 9.87. The van der Waals surface area contributed by atoms with E-state index in [1.807, 2.05) is 0 Å². The zero-order valence-electron chi connectivity index (χ0n) is 10.6. The summed E-state index contributed by atoms with van der Waals surface area (Å²) in [5.74, 6) is 0.926. The molecule has 1 N–H and O–H groups in total. The smallest absolute Gasteiger partial charge is 0.0575 e. The first-order chi connectivity index (χ1) is 7.88. The first-order valence-electron chi connectivity index (χ1n) is 6.93. The Hall–Kier alpha value is -0.120. The number of nitrogens with one attached hydrogen (secondary N) is 1. The molecule has 0 atom stereocenters. The highest BCUT2D eigenvalue weighted by Gasteiger charge is 2.23. The molecule has 1 aliphatic carbocycles. The Morgan fingerprint density at radius 2 is 1.81 bits per heavy atom. The molecule has 94 valence electrons. The van der Waals surface area contributed by atoms with E-state index in [0.717, 1.165) is 12.5 Å². The molecule has 0 aromatic heterocycles. The van der Waals surface area contributed by atoms with Gasteiger partial charge in [-0.25, -0.2) is 0 Å². The Morgan fingerprint density at radius 3 is 2.44 bits per heavy atom. The summed E-state index contributed by atoms with van der Waals surface area (Å²) in [5.41, 5.74) is 0. The Bertz CT molecular complexity index is 184. The van der Waals surface area contributed by atoms with E-state index in [2.05, 4.69) is 17.1 Å². The standard InChI is InChI=1S/C13H26N2O/c1-2-16-13-5-3-12(4-6-13)11-15-9-7-14-8-10-15/h12-14H,2-11H2,1H3. The van der Waals surface area contributed by atoms with Gasteiger partial charge in [0.15, 0.2) is 0 Å². The monoisotopic (exact) mass is 226 g/mol. The van der Waals surface area contributed by atoms with Crippen LogP contribution in [-0.4, -0.2) is 50.3 Å². The topological polar surface area (TPSA) is 24.5 Å². The van der Waals surface area contributed by atoms with E-state index < -0.39 is 0 Å². The van der Waals surface area contributed by atoms with Crippen molar-refractivity contribution in [1.29, 1.82) is 0 Å². The summed E-state index contributed by atoms with van der Waals surface area (Å²) in [4.78, 5) is 2.63. The van der Waals surface area contributed by atoms with Crippen LogP contribution < -0.4 is 5.32 Å². The van der Waals surface area contributed by atoms with Gasteiger partial charge in [-0.3, -0.25) is 0 Å². The van der Waals surface area contributed by atoms with Gasteiger partial charge in [0, 0.05) is 39.3 Å². The third-order valence-corrected chi connectivity index (χ3v) is 3.92. The first kappa shape index (κ1) is 12.3. The van der Waals surface area contributed by atoms with Crippen LogP contribution in [0.3, 0.4) is 0 Å². The van der Waals surface area contributed by atoms with E-state index in [-0.39, 0.29) is 0 Å². The minimum absolute atomic E-state index is 0.560. The Kier molecular flexibility index (Phi) is 5.07. The highest BCUT2D eigenvalue weighted by Crippen LogP contribution is 2.26. The van der Waals surface area contributed by atoms with Crippen molar-refractivity contribution in [2.45, 2.75) is 38.7 Å². The van der Waals surface area contributed by atoms with Crippen molar-refractivity contribution in [1.82, 2.24) is 10.2 Å². The lowest BCUT2D eigenvalue weighted by Crippen LogP contribution is -2.45. The molecule has 2 fully saturated rings. The van der Waals surface area contributed by atoms with Crippen LogP contribution in [0.2, 0.25) is 0 Å². The van der Waals surface area contributed by atoms with Crippen LogP contribution in [0, 0.1) is 5.92 Å². The average Bonchev–Trinajstić information content (AvgIpc) is 2.33. The predicted molar refractivity (Wildman–Crippen MR) is 66.7 cm³/mol. The van der Waals surface area contributed by atoms with Gasteiger partial charge >= 0.3 is 0 Å². The Balaban J connectivity index is 1.64. The van der Waals surface area contributed by atoms with Gasteiger partial charge in [-0.1, -0.05) is 0 Å². The third-order valence-electron chi connectivity index (χ3n) is 3.92. The van der Waals surface area contributed by atoms with Gasteiger partial charge in [-0.05, 0) is 38.5 Å². The van der Waals surface area contributed by atoms with Crippen LogP contribution in [0.15, 0.2) is 0 Å². The van der Waals surface area contributed by atoms with E-state index in [4.69, 9.17) is 4.74 Å². The van der Waals surface area contributed by atoms with Crippen LogP contribution in [-0.2, 0) is 4.74 Å². The highest BCUT2D eigenvalue weighted by atomic mass is 16.5. The highest BCUT2D eigenvalue weighted by molar-refractivity contribution is 4.77. The first-order valence-corrected chi connectivity index (χ1v) is 6.93. The van der Waals surface area contributed by atoms with Gasteiger partial charge in [0.1, 0.15) is 0 Å². The fourth-order valence-corrected chi connectivity index (χ4v) is 2.98. The van der Waals surface area contributed by atoms with E-state index in [1.54, 1.807) is 0 Å². The quantitative estimate of drug-likeness (QED) is 0.786. The number of piperazine rings is 1. The van der Waals surface area contributed by atoms with Gasteiger partial charge in [0.2, 0.25) is 0 Å². The second-order valence-electron chi connectivity index (χ2n) is 5.15. The van der Waals surface area contributed by atoms with Crippen LogP contribution in [0.4, 0.5) is 0 Å². The van der Waals surface area contributed by atoms with Crippen molar-refractivity contribution in [3.8, 4) is 0 Å². The molecule has 1 saturated carbocycles. The Labute approximate surface area is 99.5 Å². The van der Waals surface area contributed by atoms with Crippen LogP contribution in [0.1, 0.15) is 32.6 Å². The zero-order valence-corrected chi connectivity index (χ0v) is 10.6. The second kappa shape index (κ2) is 6.58. The molecule has 2 rings (SSSR count). The number of nitrogens with zero attached hydrogens (tertiary/aromatic N) is 1. The third kappa shape index (κ3) is 3.72. The van der Waals surface area contributed by atoms with Crippen molar-refractivity contribution in [3.63, 3.8) is 0 Å². The van der Waals surface area contributed by atoms with Crippen molar-refractivity contribution in [3.05, 3.63) is 0 Å². The molecule has 0 spiro atoms. The van der Waals surface area contributed by atoms with E-state index in [0.29, 0.717) is 6.10 Å². The summed E-state index contributed by atoms with van der Waals surface area (Å²) in [6.45, 7) is 9.14. The predicted octanol–water partition coefficient (Wildman–Crippen LogP) is 1.49. The molecule has 0 aromatic rings. The van der Waals surface area contributed by atoms with Gasteiger partial charge in [-0.15, -0.1) is 0 Å². The molecule has 0 amide bonds. The molecule has 3 nitrogen and oxygen atoms in total. The normalized spacial score (nSPS) is 32.8. The van der Waals surface area contributed by atoms with Gasteiger partial charge < -0.3 is 15.0 Å². The fraction of sp³-hybridized carbons (Fsp3) is 1.00. The summed E-state index contributed by atoms with van der Waals surface area (Å²) in [6.07, 6.45) is 5.86. The summed E-state index contributed by atoms with van der Waals surface area (Å²) in [5, 5.41) is 3.41. The van der Waals surface area contributed by atoms with Gasteiger partial charge in [0.05, 0.1) is 6.10 Å². The lowest BCUT2D eigenvalue weighted by molar-refractivity contribution is 0.0205. The molecule has 3 heteroatoms. The largest absolute Gasteiger partial charge is 0.379 e. The van der Waals surface area contributed by atoms with Crippen molar-refractivity contribution < 1.29 is 4.74 Å². The molecule has 1 heterocycles. The number of hydrogen-bond acceptors (Lipinski definition) is 3. The molecular weight excluding hydrogens is 200 g/mol. The molecule has 16 heavy (non-hydrogen) atoms. The van der Waals surface area contributed by atoms with Crippen molar-refractivity contribution in [2.75, 3.05) is 39.3 Å². The maximum absolute atomic E-state index is 5.70. The summed E-state index contributed by atoms with van der Waals surface area (Å²) >= 11 is 0. The second-order valence-corrected chi connectivity index (χ2v) is 5.15. The van der Waals surface area contributed by atoms with Gasteiger partial charge in [-0.2, -0.15) is 0 Å². The molecule has 2 aliphatic rings. The molecular formula is C13H26N2O. The maximum Gasteiger partial charge on any atom is 0.0575 e. The summed E-state index contributed by atoms with van der Waals surface area (Å²) < 4.78 is 5.70. The number of hydrogen-bond donors (Lipinski definition) is 1. The molecule has 0 unspecified atom stereocenters. The number of ether oxygens (including phenoxy) is 1. The number of rotatable bonds is 4. The van der Waals surface area contributed by atoms with E-state index in [9.17, 15) is 0 Å². The molecule has 1 saturated heterocycles. The lowest BCUT2D eigenvalue weighted by Gasteiger charge is -2.34. The molecule has 0 aromatic carbocycles. The fourth-order valence-electron chi connectivity index (χ4n) is 2.98. The van der Waals surface area contributed by atoms with Crippen molar-refractivity contribution >= 4 is 0 Å². The Morgan fingerprint density at radius 1 is 1.12 bits per heavy atom. The minimum Gasteiger partial charge on any atom is -0.379 e. The maximum atomic E-state index is 5.70. The summed E-state index contributed by atoms with van der Waals surface area (Å²) in [7, 11) is 0. The van der Waals surface area contributed by atoms with Crippen LogP contribution >= 0.6 is 0 Å². The van der Waals surface area contributed by atoms with Crippen LogP contribution in [0.25, 0.3) is 0 Å². The average molecular weight is 226 g/mol. The molecule has 1 aliphatic heterocycles. The van der Waals surface area contributed by atoms with Gasteiger partial charge in [0.25, 0.3) is 0 Å². The van der Waals surface area contributed by atoms with Crippen LogP contribution in [0.5, 0.6) is 0 Å². The zero-order chi connectivity index (χ0) is 11.2. The molecule has 0 radical (unpaired) electrons. The minimum atomic E-state index is 0.560. The summed E-state index contributed by atoms with van der Waals surface area (Å²) in [6, 6.07) is 0.